The number of benzene rings is 1. The van der Waals surface area contributed by atoms with E-state index >= 15 is 0 Å². The van der Waals surface area contributed by atoms with Crippen molar-refractivity contribution < 1.29 is 4.84 Å². The van der Waals surface area contributed by atoms with Gasteiger partial charge in [0.1, 0.15) is 5.60 Å². The number of rotatable bonds is 2. The zero-order chi connectivity index (χ0) is 10.1. The minimum absolute atomic E-state index is 0.437. The van der Waals surface area contributed by atoms with Crippen molar-refractivity contribution in [1.29, 1.82) is 0 Å². The van der Waals surface area contributed by atoms with Gasteiger partial charge in [-0.3, -0.25) is 4.84 Å². The second kappa shape index (κ2) is 3.78. The normalized spacial score (nSPS) is 11.8. The molecule has 72 valence electrons. The molecule has 0 fully saturated rings. The largest absolute Gasteiger partial charge is 0.294 e. The van der Waals surface area contributed by atoms with Crippen molar-refractivity contribution in [3.63, 3.8) is 0 Å². The highest BCUT2D eigenvalue weighted by Gasteiger charge is 2.22. The van der Waals surface area contributed by atoms with E-state index in [2.05, 4.69) is 15.9 Å². The summed E-state index contributed by atoms with van der Waals surface area (Å²) in [6.07, 6.45) is 0. The van der Waals surface area contributed by atoms with Gasteiger partial charge in [0, 0.05) is 4.47 Å². The van der Waals surface area contributed by atoms with E-state index in [1.54, 1.807) is 0 Å². The van der Waals surface area contributed by atoms with Crippen molar-refractivity contribution in [2.45, 2.75) is 26.4 Å². The maximum atomic E-state index is 5.24. The molecule has 3 heteroatoms. The molecular weight excluding hydrogens is 230 g/mol. The molecule has 0 aromatic heterocycles. The monoisotopic (exact) mass is 243 g/mol. The molecule has 0 saturated carbocycles. The molecule has 1 rings (SSSR count). The molecule has 0 atom stereocenters. The van der Waals surface area contributed by atoms with Crippen molar-refractivity contribution in [2.75, 3.05) is 0 Å². The third-order valence-corrected chi connectivity index (χ3v) is 2.64. The highest BCUT2D eigenvalue weighted by molar-refractivity contribution is 9.10. The van der Waals surface area contributed by atoms with Crippen LogP contribution in [-0.2, 0) is 10.4 Å². The van der Waals surface area contributed by atoms with Gasteiger partial charge in [-0.2, -0.15) is 0 Å². The van der Waals surface area contributed by atoms with Crippen LogP contribution in [-0.4, -0.2) is 0 Å². The van der Waals surface area contributed by atoms with Gasteiger partial charge in [0.25, 0.3) is 0 Å². The van der Waals surface area contributed by atoms with Gasteiger partial charge < -0.3 is 0 Å². The second-order valence-corrected chi connectivity index (χ2v) is 4.50. The Morgan fingerprint density at radius 1 is 1.38 bits per heavy atom. The number of aryl methyl sites for hydroxylation is 1. The SMILES string of the molecule is Cc1ccc(Br)cc1C(C)(C)ON. The summed E-state index contributed by atoms with van der Waals surface area (Å²) in [5.74, 6) is 5.24. The molecule has 1 aromatic carbocycles. The van der Waals surface area contributed by atoms with Crippen LogP contribution in [0.2, 0.25) is 0 Å². The summed E-state index contributed by atoms with van der Waals surface area (Å²) in [6.45, 7) is 5.94. The Bertz CT molecular complexity index is 310. The van der Waals surface area contributed by atoms with E-state index in [0.717, 1.165) is 10.0 Å². The van der Waals surface area contributed by atoms with E-state index in [-0.39, 0.29) is 0 Å². The maximum Gasteiger partial charge on any atom is 0.109 e. The predicted molar refractivity (Wildman–Crippen MR) is 57.2 cm³/mol. The molecule has 2 nitrogen and oxygen atoms in total. The van der Waals surface area contributed by atoms with Gasteiger partial charge in [0.15, 0.2) is 0 Å². The number of hydrogen-bond acceptors (Lipinski definition) is 2. The van der Waals surface area contributed by atoms with Crippen LogP contribution in [0.1, 0.15) is 25.0 Å². The van der Waals surface area contributed by atoms with Crippen molar-refractivity contribution in [3.8, 4) is 0 Å². The zero-order valence-electron chi connectivity index (χ0n) is 8.10. The third-order valence-electron chi connectivity index (χ3n) is 2.14. The summed E-state index contributed by atoms with van der Waals surface area (Å²) in [4.78, 5) is 4.94. The molecule has 0 unspecified atom stereocenters. The van der Waals surface area contributed by atoms with Gasteiger partial charge in [-0.15, -0.1) is 0 Å². The lowest BCUT2D eigenvalue weighted by atomic mass is 9.94. The van der Waals surface area contributed by atoms with Crippen LogP contribution in [0, 0.1) is 6.92 Å². The van der Waals surface area contributed by atoms with Crippen LogP contribution >= 0.6 is 15.9 Å². The number of hydrogen-bond donors (Lipinski definition) is 1. The van der Waals surface area contributed by atoms with Gasteiger partial charge in [0.05, 0.1) is 0 Å². The van der Waals surface area contributed by atoms with Gasteiger partial charge >= 0.3 is 0 Å². The Labute approximate surface area is 87.2 Å². The van der Waals surface area contributed by atoms with Crippen molar-refractivity contribution in [2.24, 2.45) is 5.90 Å². The predicted octanol–water partition coefficient (Wildman–Crippen LogP) is 2.88. The first kappa shape index (κ1) is 10.7. The smallest absolute Gasteiger partial charge is 0.109 e. The summed E-state index contributed by atoms with van der Waals surface area (Å²) < 4.78 is 1.04. The lowest BCUT2D eigenvalue weighted by molar-refractivity contribution is -0.0240. The first-order valence-corrected chi connectivity index (χ1v) is 4.91. The molecule has 0 aliphatic rings. The van der Waals surface area contributed by atoms with Gasteiger partial charge in [-0.05, 0) is 44.0 Å². The quantitative estimate of drug-likeness (QED) is 0.812. The summed E-state index contributed by atoms with van der Waals surface area (Å²) in [5, 5.41) is 0. The molecule has 0 heterocycles. The Kier molecular flexibility index (Phi) is 3.11. The van der Waals surface area contributed by atoms with E-state index in [0.29, 0.717) is 0 Å². The van der Waals surface area contributed by atoms with Crippen molar-refractivity contribution in [3.05, 3.63) is 33.8 Å². The average molecular weight is 244 g/mol. The molecule has 0 aliphatic carbocycles. The molecule has 0 saturated heterocycles. The fraction of sp³-hybridized carbons (Fsp3) is 0.400. The average Bonchev–Trinajstić information content (AvgIpc) is 2.09. The first-order chi connectivity index (χ1) is 5.97. The van der Waals surface area contributed by atoms with Crippen molar-refractivity contribution >= 4 is 15.9 Å². The molecule has 0 spiro atoms. The Morgan fingerprint density at radius 2 is 2.00 bits per heavy atom. The zero-order valence-corrected chi connectivity index (χ0v) is 9.68. The third kappa shape index (κ3) is 2.30. The number of halogens is 1. The second-order valence-electron chi connectivity index (χ2n) is 3.59. The highest BCUT2D eigenvalue weighted by Crippen LogP contribution is 2.28. The van der Waals surface area contributed by atoms with E-state index in [1.807, 2.05) is 39.0 Å². The van der Waals surface area contributed by atoms with E-state index in [1.165, 1.54) is 5.56 Å². The molecule has 0 bridgehead atoms. The number of nitrogens with two attached hydrogens (primary N) is 1. The lowest BCUT2D eigenvalue weighted by Crippen LogP contribution is -2.26. The summed E-state index contributed by atoms with van der Waals surface area (Å²) in [6, 6.07) is 6.08. The molecule has 0 aliphatic heterocycles. The van der Waals surface area contributed by atoms with Crippen LogP contribution in [0.3, 0.4) is 0 Å². The Hall–Kier alpha value is -0.380. The van der Waals surface area contributed by atoms with Gasteiger partial charge in [-0.25, -0.2) is 5.90 Å². The molecule has 2 N–H and O–H groups in total. The minimum Gasteiger partial charge on any atom is -0.294 e. The van der Waals surface area contributed by atoms with Crippen LogP contribution < -0.4 is 5.90 Å². The Morgan fingerprint density at radius 3 is 2.54 bits per heavy atom. The van der Waals surface area contributed by atoms with Crippen LogP contribution in [0.5, 0.6) is 0 Å². The van der Waals surface area contributed by atoms with Crippen LogP contribution in [0.15, 0.2) is 22.7 Å². The van der Waals surface area contributed by atoms with E-state index < -0.39 is 5.60 Å². The van der Waals surface area contributed by atoms with E-state index in [4.69, 9.17) is 10.7 Å². The van der Waals surface area contributed by atoms with Gasteiger partial charge in [-0.1, -0.05) is 22.0 Å². The minimum atomic E-state index is -0.437. The molecular formula is C10H14BrNO. The lowest BCUT2D eigenvalue weighted by Gasteiger charge is -2.24. The maximum absolute atomic E-state index is 5.24. The van der Waals surface area contributed by atoms with Crippen molar-refractivity contribution in [1.82, 2.24) is 0 Å². The van der Waals surface area contributed by atoms with E-state index in [9.17, 15) is 0 Å². The molecule has 0 radical (unpaired) electrons. The fourth-order valence-corrected chi connectivity index (χ4v) is 1.67. The fourth-order valence-electron chi connectivity index (χ4n) is 1.31. The van der Waals surface area contributed by atoms with Crippen LogP contribution in [0.4, 0.5) is 0 Å². The summed E-state index contributed by atoms with van der Waals surface area (Å²) in [7, 11) is 0. The van der Waals surface area contributed by atoms with Crippen LogP contribution in [0.25, 0.3) is 0 Å². The molecule has 1 aromatic rings. The standard InChI is InChI=1S/C10H14BrNO/c1-7-4-5-8(11)6-9(7)10(2,3)13-12/h4-6H,12H2,1-3H3. The molecule has 0 amide bonds. The summed E-state index contributed by atoms with van der Waals surface area (Å²) in [5.41, 5.74) is 1.84. The van der Waals surface area contributed by atoms with Gasteiger partial charge in [0.2, 0.25) is 0 Å². The molecule has 13 heavy (non-hydrogen) atoms. The summed E-state index contributed by atoms with van der Waals surface area (Å²) >= 11 is 3.42. The Balaban J connectivity index is 3.20. The highest BCUT2D eigenvalue weighted by atomic mass is 79.9. The first-order valence-electron chi connectivity index (χ1n) is 4.12. The topological polar surface area (TPSA) is 35.2 Å².